The van der Waals surface area contributed by atoms with Gasteiger partial charge in [-0.25, -0.2) is 0 Å². The van der Waals surface area contributed by atoms with Crippen molar-refractivity contribution in [3.8, 4) is 5.69 Å². The Morgan fingerprint density at radius 1 is 0.424 bits per heavy atom. The average Bonchev–Trinajstić information content (AvgIpc) is 3.66. The van der Waals surface area contributed by atoms with Gasteiger partial charge < -0.3 is 14.4 Å². The Morgan fingerprint density at radius 2 is 0.898 bits per heavy atom. The molecule has 9 aromatic rings. The number of hydrogen-bond donors (Lipinski definition) is 0. The second-order valence-electron chi connectivity index (χ2n) is 16.0. The highest BCUT2D eigenvalue weighted by Crippen LogP contribution is 2.45. The summed E-state index contributed by atoms with van der Waals surface area (Å²) >= 11 is 0. The molecule has 59 heavy (non-hydrogen) atoms. The zero-order valence-corrected chi connectivity index (χ0v) is 33.7. The van der Waals surface area contributed by atoms with Crippen molar-refractivity contribution in [2.75, 3.05) is 9.80 Å². The Balaban J connectivity index is 1.03. The van der Waals surface area contributed by atoms with E-state index >= 15 is 0 Å². The number of fused-ring (bicyclic) bond motifs is 3. The zero-order valence-electron chi connectivity index (χ0n) is 33.7. The third-order valence-electron chi connectivity index (χ3n) is 12.5. The maximum Gasteiger partial charge on any atom is 0.0562 e. The van der Waals surface area contributed by atoms with Crippen LogP contribution in [0.4, 0.5) is 34.1 Å². The molecular formula is C56H49N3. The van der Waals surface area contributed by atoms with Crippen molar-refractivity contribution < 1.29 is 0 Å². The molecule has 1 aliphatic carbocycles. The fourth-order valence-corrected chi connectivity index (χ4v) is 9.42. The summed E-state index contributed by atoms with van der Waals surface area (Å²) in [5.41, 5.74) is 14.5. The smallest absolute Gasteiger partial charge is 0.0562 e. The minimum atomic E-state index is 0.218. The molecule has 0 spiro atoms. The van der Waals surface area contributed by atoms with Crippen LogP contribution in [0.1, 0.15) is 67.6 Å². The standard InChI is InChI=1S/C56H49N3/c1-41(42-29-35-49(36-30-42)57(46-19-8-3-9-20-46)47-21-10-4-11-22-47)43-31-37-50(38-32-43)58(51-39-33-45(34-40-51)44-17-6-2-7-18-44)54-27-16-28-55-56(54)52-25-14-15-26-53(52)59(55)48-23-12-5-13-24-48/h3-5,8-16,19-41,44H,2,6-7,17-18H2,1H3. The minimum Gasteiger partial charge on any atom is -0.311 e. The number of anilines is 6. The van der Waals surface area contributed by atoms with Crippen LogP contribution in [-0.4, -0.2) is 4.57 Å². The van der Waals surface area contributed by atoms with Crippen molar-refractivity contribution in [2.24, 2.45) is 0 Å². The van der Waals surface area contributed by atoms with Gasteiger partial charge in [-0.2, -0.15) is 0 Å². The van der Waals surface area contributed by atoms with Gasteiger partial charge in [0.1, 0.15) is 0 Å². The van der Waals surface area contributed by atoms with Crippen molar-refractivity contribution in [1.29, 1.82) is 0 Å². The van der Waals surface area contributed by atoms with E-state index in [2.05, 4.69) is 228 Å². The van der Waals surface area contributed by atoms with Crippen LogP contribution in [-0.2, 0) is 0 Å². The molecule has 3 nitrogen and oxygen atoms in total. The molecule has 10 rings (SSSR count). The summed E-state index contributed by atoms with van der Waals surface area (Å²) in [7, 11) is 0. The fraction of sp³-hybridized carbons (Fsp3) is 0.143. The van der Waals surface area contributed by atoms with Crippen molar-refractivity contribution in [1.82, 2.24) is 4.57 Å². The largest absolute Gasteiger partial charge is 0.311 e. The molecular weight excluding hydrogens is 715 g/mol. The predicted molar refractivity (Wildman–Crippen MR) is 250 cm³/mol. The van der Waals surface area contributed by atoms with Gasteiger partial charge in [-0.3, -0.25) is 0 Å². The monoisotopic (exact) mass is 763 g/mol. The highest BCUT2D eigenvalue weighted by molar-refractivity contribution is 6.16. The number of benzene rings is 8. The molecule has 0 bridgehead atoms. The normalized spacial score (nSPS) is 13.7. The van der Waals surface area contributed by atoms with Gasteiger partial charge in [0.25, 0.3) is 0 Å². The van der Waals surface area contributed by atoms with Crippen LogP contribution in [0.15, 0.2) is 206 Å². The van der Waals surface area contributed by atoms with E-state index in [1.807, 2.05) is 0 Å². The van der Waals surface area contributed by atoms with E-state index in [0.717, 1.165) is 22.7 Å². The van der Waals surface area contributed by atoms with Crippen LogP contribution in [0.25, 0.3) is 27.5 Å². The number of nitrogens with zero attached hydrogens (tertiary/aromatic N) is 3. The van der Waals surface area contributed by atoms with E-state index in [0.29, 0.717) is 5.92 Å². The summed E-state index contributed by atoms with van der Waals surface area (Å²) in [6, 6.07) is 75.4. The second-order valence-corrected chi connectivity index (χ2v) is 16.0. The highest BCUT2D eigenvalue weighted by atomic mass is 15.2. The molecule has 8 aromatic carbocycles. The Hall–Kier alpha value is -6.84. The maximum atomic E-state index is 2.47. The number of hydrogen-bond acceptors (Lipinski definition) is 2. The Bertz CT molecular complexity index is 2740. The molecule has 288 valence electrons. The molecule has 1 aliphatic rings. The van der Waals surface area contributed by atoms with E-state index in [1.165, 1.54) is 87.7 Å². The quantitative estimate of drug-likeness (QED) is 0.137. The van der Waals surface area contributed by atoms with Crippen LogP contribution >= 0.6 is 0 Å². The molecule has 1 fully saturated rings. The van der Waals surface area contributed by atoms with E-state index in [4.69, 9.17) is 0 Å². The molecule has 0 N–H and O–H groups in total. The van der Waals surface area contributed by atoms with Gasteiger partial charge in [-0.05, 0) is 126 Å². The Kier molecular flexibility index (Phi) is 10.0. The molecule has 1 saturated carbocycles. The summed E-state index contributed by atoms with van der Waals surface area (Å²) in [6.45, 7) is 2.32. The topological polar surface area (TPSA) is 11.4 Å². The summed E-state index contributed by atoms with van der Waals surface area (Å²) in [5, 5.41) is 2.50. The SMILES string of the molecule is CC(c1ccc(N(c2ccccc2)c2ccccc2)cc1)c1ccc(N(c2ccc(C3CCCCC3)cc2)c2cccc3c2c2ccccc2n3-c2ccccc2)cc1. The Morgan fingerprint density at radius 3 is 1.49 bits per heavy atom. The first kappa shape index (κ1) is 36.5. The second kappa shape index (κ2) is 16.2. The van der Waals surface area contributed by atoms with Crippen LogP contribution in [0.2, 0.25) is 0 Å². The van der Waals surface area contributed by atoms with Gasteiger partial charge in [-0.1, -0.05) is 141 Å². The van der Waals surface area contributed by atoms with Crippen LogP contribution in [0.5, 0.6) is 0 Å². The third-order valence-corrected chi connectivity index (χ3v) is 12.5. The molecule has 0 amide bonds. The van der Waals surface area contributed by atoms with Gasteiger partial charge >= 0.3 is 0 Å². The lowest BCUT2D eigenvalue weighted by molar-refractivity contribution is 0.443. The summed E-state index contributed by atoms with van der Waals surface area (Å²) < 4.78 is 2.41. The molecule has 1 heterocycles. The van der Waals surface area contributed by atoms with Gasteiger partial charge in [0, 0.05) is 50.8 Å². The first-order valence-electron chi connectivity index (χ1n) is 21.3. The molecule has 0 saturated heterocycles. The average molecular weight is 764 g/mol. The zero-order chi connectivity index (χ0) is 39.5. The van der Waals surface area contributed by atoms with Crippen LogP contribution < -0.4 is 9.80 Å². The molecule has 1 aromatic heterocycles. The minimum absolute atomic E-state index is 0.218. The van der Waals surface area contributed by atoms with E-state index < -0.39 is 0 Å². The number of rotatable bonds is 10. The first-order valence-corrected chi connectivity index (χ1v) is 21.3. The first-order chi connectivity index (χ1) is 29.2. The molecule has 1 atom stereocenters. The van der Waals surface area contributed by atoms with Crippen molar-refractivity contribution in [3.63, 3.8) is 0 Å². The lowest BCUT2D eigenvalue weighted by atomic mass is 9.84. The van der Waals surface area contributed by atoms with Gasteiger partial charge in [0.05, 0.1) is 16.7 Å². The van der Waals surface area contributed by atoms with Gasteiger partial charge in [0.2, 0.25) is 0 Å². The lowest BCUT2D eigenvalue weighted by Crippen LogP contribution is -2.11. The van der Waals surface area contributed by atoms with Gasteiger partial charge in [0.15, 0.2) is 0 Å². The molecule has 3 heteroatoms. The summed E-state index contributed by atoms with van der Waals surface area (Å²) in [4.78, 5) is 4.79. The van der Waals surface area contributed by atoms with Gasteiger partial charge in [-0.15, -0.1) is 0 Å². The fourth-order valence-electron chi connectivity index (χ4n) is 9.42. The maximum absolute atomic E-state index is 2.47. The van der Waals surface area contributed by atoms with E-state index in [9.17, 15) is 0 Å². The van der Waals surface area contributed by atoms with Crippen molar-refractivity contribution in [3.05, 3.63) is 223 Å². The molecule has 0 radical (unpaired) electrons. The lowest BCUT2D eigenvalue weighted by Gasteiger charge is -2.28. The highest BCUT2D eigenvalue weighted by Gasteiger charge is 2.23. The van der Waals surface area contributed by atoms with Crippen molar-refractivity contribution in [2.45, 2.75) is 50.9 Å². The molecule has 0 aliphatic heterocycles. The summed E-state index contributed by atoms with van der Waals surface area (Å²) in [6.07, 6.45) is 6.62. The van der Waals surface area contributed by atoms with Crippen LogP contribution in [0.3, 0.4) is 0 Å². The van der Waals surface area contributed by atoms with E-state index in [-0.39, 0.29) is 5.92 Å². The Labute approximate surface area is 348 Å². The number of aromatic nitrogens is 1. The van der Waals surface area contributed by atoms with Crippen molar-refractivity contribution >= 4 is 55.9 Å². The predicted octanol–water partition coefficient (Wildman–Crippen LogP) is 15.9. The summed E-state index contributed by atoms with van der Waals surface area (Å²) in [5.74, 6) is 0.878. The number of para-hydroxylation sites is 4. The third kappa shape index (κ3) is 7.08. The molecule has 1 unspecified atom stereocenters. The van der Waals surface area contributed by atoms with E-state index in [1.54, 1.807) is 0 Å². The van der Waals surface area contributed by atoms with Crippen LogP contribution in [0, 0.1) is 0 Å².